The minimum atomic E-state index is -0.419. The summed E-state index contributed by atoms with van der Waals surface area (Å²) < 4.78 is 11.5. The van der Waals surface area contributed by atoms with Crippen LogP contribution in [-0.2, 0) is 24.5 Å². The first-order chi connectivity index (χ1) is 19.3. The fraction of sp³-hybridized carbons (Fsp3) is 0.303. The van der Waals surface area contributed by atoms with Crippen LogP contribution >= 0.6 is 0 Å². The maximum Gasteiger partial charge on any atom is 0.316 e. The van der Waals surface area contributed by atoms with E-state index in [4.69, 9.17) is 4.74 Å². The van der Waals surface area contributed by atoms with Crippen molar-refractivity contribution in [2.45, 2.75) is 45.1 Å². The number of carbonyl (C=O) groups excluding carboxylic acids is 2. The van der Waals surface area contributed by atoms with Crippen molar-refractivity contribution in [3.63, 3.8) is 0 Å². The number of nitrogens with zero attached hydrogens (tertiary/aromatic N) is 2. The molecular weight excluding hydrogens is 502 g/mol. The number of rotatable bonds is 11. The lowest BCUT2D eigenvalue weighted by molar-refractivity contribution is -0.143. The van der Waals surface area contributed by atoms with Crippen LogP contribution in [-0.4, -0.2) is 43.0 Å². The van der Waals surface area contributed by atoms with Gasteiger partial charge in [0.05, 0.1) is 18.7 Å². The Bertz CT molecular complexity index is 1350. The molecule has 1 fully saturated rings. The lowest BCUT2D eigenvalue weighted by Gasteiger charge is -2.14. The van der Waals surface area contributed by atoms with Crippen LogP contribution in [0.25, 0.3) is 22.3 Å². The lowest BCUT2D eigenvalue weighted by atomic mass is 9.93. The Balaban J connectivity index is 0.000000342. The highest BCUT2D eigenvalue weighted by atomic mass is 16.5. The molecule has 1 N–H and O–H groups in total. The van der Waals surface area contributed by atoms with Crippen LogP contribution in [0.5, 0.6) is 0 Å². The zero-order valence-corrected chi connectivity index (χ0v) is 24.0. The molecule has 7 heteroatoms. The molecule has 1 heterocycles. The summed E-state index contributed by atoms with van der Waals surface area (Å²) in [4.78, 5) is 21.9. The van der Waals surface area contributed by atoms with Gasteiger partial charge in [-0.1, -0.05) is 79.4 Å². The van der Waals surface area contributed by atoms with E-state index in [0.29, 0.717) is 19.1 Å². The highest BCUT2D eigenvalue weighted by molar-refractivity contribution is 5.87. The van der Waals surface area contributed by atoms with Gasteiger partial charge in [-0.25, -0.2) is 4.68 Å². The highest BCUT2D eigenvalue weighted by Crippen LogP contribution is 2.49. The van der Waals surface area contributed by atoms with Gasteiger partial charge in [-0.3, -0.25) is 9.59 Å². The summed E-state index contributed by atoms with van der Waals surface area (Å²) in [6, 6.07) is 17.1. The Kier molecular flexibility index (Phi) is 10.6. The number of nitrogens with one attached hydrogen (secondary N) is 1. The summed E-state index contributed by atoms with van der Waals surface area (Å²) in [5.74, 6) is 0.895. The second kappa shape index (κ2) is 14.1. The van der Waals surface area contributed by atoms with Crippen molar-refractivity contribution in [2.24, 2.45) is 0 Å². The zero-order chi connectivity index (χ0) is 29.1. The number of anilines is 1. The van der Waals surface area contributed by atoms with E-state index in [9.17, 15) is 9.59 Å². The van der Waals surface area contributed by atoms with Gasteiger partial charge < -0.3 is 14.8 Å². The maximum atomic E-state index is 12.1. The van der Waals surface area contributed by atoms with Crippen molar-refractivity contribution < 1.29 is 19.1 Å². The predicted octanol–water partition coefficient (Wildman–Crippen LogP) is 6.89. The first kappa shape index (κ1) is 30.2. The first-order valence-corrected chi connectivity index (χ1v) is 13.4. The summed E-state index contributed by atoms with van der Waals surface area (Å²) in [5, 5.41) is 7.79. The van der Waals surface area contributed by atoms with Gasteiger partial charge >= 0.3 is 5.97 Å². The molecular formula is C33H39N3O4. The molecule has 0 spiro atoms. The second-order valence-electron chi connectivity index (χ2n) is 9.81. The zero-order valence-electron chi connectivity index (χ0n) is 24.0. The van der Waals surface area contributed by atoms with Crippen molar-refractivity contribution in [2.75, 3.05) is 26.1 Å². The minimum Gasteiger partial charge on any atom is -0.468 e. The van der Waals surface area contributed by atoms with Crippen LogP contribution in [0.3, 0.4) is 0 Å². The third kappa shape index (κ3) is 6.97. The van der Waals surface area contributed by atoms with Crippen molar-refractivity contribution in [3.05, 3.63) is 96.7 Å². The van der Waals surface area contributed by atoms with Gasteiger partial charge in [0.2, 0.25) is 0 Å². The summed E-state index contributed by atoms with van der Waals surface area (Å²) >= 11 is 0. The van der Waals surface area contributed by atoms with Crippen LogP contribution in [0.1, 0.15) is 45.2 Å². The van der Waals surface area contributed by atoms with Crippen molar-refractivity contribution in [1.82, 2.24) is 9.78 Å². The number of allylic oxidation sites excluding steroid dienone is 3. The van der Waals surface area contributed by atoms with Crippen molar-refractivity contribution in [1.29, 1.82) is 0 Å². The molecule has 0 amide bonds. The van der Waals surface area contributed by atoms with Gasteiger partial charge in [0.25, 0.3) is 6.47 Å². The average Bonchev–Trinajstić information content (AvgIpc) is 3.68. The van der Waals surface area contributed by atoms with Crippen LogP contribution in [0.15, 0.2) is 91.2 Å². The molecule has 0 unspecified atom stereocenters. The molecule has 0 bridgehead atoms. The Morgan fingerprint density at radius 1 is 1.10 bits per heavy atom. The summed E-state index contributed by atoms with van der Waals surface area (Å²) in [6.45, 7) is 10.4. The van der Waals surface area contributed by atoms with E-state index in [1.807, 2.05) is 37.0 Å². The standard InChI is InChI=1S/C24H27N3O2.C9H12O2/c1-16(2)27-22(25-3)21(15-26-27)19-7-5-17(6-8-19)18-9-11-20(12-10-18)24(13-14-24)23(28)29-4;1-3-5-9(6-4-2)7-11-8-10/h5-12,15-16,25H,13-14H2,1-4H3;3-6,8H,1,7H2,2H3/b;6-4-,9-5+. The van der Waals surface area contributed by atoms with Crippen LogP contribution in [0.2, 0.25) is 0 Å². The fourth-order valence-electron chi connectivity index (χ4n) is 4.62. The monoisotopic (exact) mass is 541 g/mol. The lowest BCUT2D eigenvalue weighted by Crippen LogP contribution is -2.21. The maximum absolute atomic E-state index is 12.1. The molecule has 4 rings (SSSR count). The topological polar surface area (TPSA) is 82.4 Å². The van der Waals surface area contributed by atoms with E-state index >= 15 is 0 Å². The number of hydrogen-bond donors (Lipinski definition) is 1. The van der Waals surface area contributed by atoms with Gasteiger partial charge in [0.15, 0.2) is 0 Å². The second-order valence-corrected chi connectivity index (χ2v) is 9.81. The molecule has 1 aromatic heterocycles. The van der Waals surface area contributed by atoms with Gasteiger partial charge in [0, 0.05) is 18.7 Å². The summed E-state index contributed by atoms with van der Waals surface area (Å²) in [6.07, 6.45) is 10.8. The molecule has 1 aliphatic carbocycles. The molecule has 2 aromatic carbocycles. The minimum absolute atomic E-state index is 0.128. The number of methoxy groups -OCH3 is 1. The fourth-order valence-corrected chi connectivity index (χ4v) is 4.62. The smallest absolute Gasteiger partial charge is 0.316 e. The van der Waals surface area contributed by atoms with Gasteiger partial charge in [0.1, 0.15) is 12.4 Å². The number of benzene rings is 2. The van der Waals surface area contributed by atoms with Crippen LogP contribution in [0.4, 0.5) is 5.82 Å². The number of aromatic nitrogens is 2. The Morgan fingerprint density at radius 2 is 1.70 bits per heavy atom. The van der Waals surface area contributed by atoms with E-state index in [0.717, 1.165) is 52.0 Å². The molecule has 0 atom stereocenters. The number of esters is 1. The summed E-state index contributed by atoms with van der Waals surface area (Å²) in [5.41, 5.74) is 6.05. The highest BCUT2D eigenvalue weighted by Gasteiger charge is 2.52. The summed E-state index contributed by atoms with van der Waals surface area (Å²) in [7, 11) is 3.39. The molecule has 0 saturated heterocycles. The Labute approximate surface area is 237 Å². The molecule has 1 saturated carbocycles. The van der Waals surface area contributed by atoms with Crippen molar-refractivity contribution in [3.8, 4) is 22.3 Å². The van der Waals surface area contributed by atoms with E-state index in [-0.39, 0.29) is 5.97 Å². The SMILES string of the molecule is C=C/C=C(\C=C/C)COC=O.CNc1c(-c2ccc(-c3ccc(C4(C(=O)OC)CC4)cc3)cc2)cnn1C(C)C. The van der Waals surface area contributed by atoms with E-state index < -0.39 is 5.41 Å². The molecule has 3 aromatic rings. The van der Waals surface area contributed by atoms with Gasteiger partial charge in [-0.15, -0.1) is 0 Å². The predicted molar refractivity (Wildman–Crippen MR) is 161 cm³/mol. The van der Waals surface area contributed by atoms with Gasteiger partial charge in [-0.2, -0.15) is 5.10 Å². The third-order valence-electron chi connectivity index (χ3n) is 6.84. The quantitative estimate of drug-likeness (QED) is 0.162. The molecule has 1 aliphatic rings. The van der Waals surface area contributed by atoms with E-state index in [2.05, 4.69) is 84.1 Å². The first-order valence-electron chi connectivity index (χ1n) is 13.4. The number of carbonyl (C=O) groups is 2. The Morgan fingerprint density at radius 3 is 2.17 bits per heavy atom. The molecule has 40 heavy (non-hydrogen) atoms. The Hall–Kier alpha value is -4.39. The van der Waals surface area contributed by atoms with Crippen molar-refractivity contribution >= 4 is 18.3 Å². The normalized spacial score (nSPS) is 13.8. The number of hydrogen-bond acceptors (Lipinski definition) is 6. The number of ether oxygens (including phenoxy) is 2. The van der Waals surface area contributed by atoms with Gasteiger partial charge in [-0.05, 0) is 61.4 Å². The third-order valence-corrected chi connectivity index (χ3v) is 6.84. The van der Waals surface area contributed by atoms with E-state index in [1.54, 1.807) is 12.2 Å². The van der Waals surface area contributed by atoms with Crippen LogP contribution in [0, 0.1) is 0 Å². The van der Waals surface area contributed by atoms with E-state index in [1.165, 1.54) is 7.11 Å². The molecule has 0 radical (unpaired) electrons. The van der Waals surface area contributed by atoms with Crippen LogP contribution < -0.4 is 5.32 Å². The molecule has 0 aliphatic heterocycles. The largest absolute Gasteiger partial charge is 0.468 e. The molecule has 210 valence electrons. The average molecular weight is 542 g/mol. The molecule has 7 nitrogen and oxygen atoms in total.